The predicted octanol–water partition coefficient (Wildman–Crippen LogP) is 2.17. The van der Waals surface area contributed by atoms with E-state index in [1.54, 1.807) is 13.3 Å². The molecule has 0 aliphatic carbocycles. The molecule has 0 saturated carbocycles. The number of pyridine rings is 1. The Morgan fingerprint density at radius 3 is 2.39 bits per heavy atom. The smallest absolute Gasteiger partial charge is 0.153 e. The van der Waals surface area contributed by atoms with Crippen LogP contribution in [0, 0.1) is 0 Å². The van der Waals surface area contributed by atoms with E-state index in [0.717, 1.165) is 17.2 Å². The number of nitrogens with two attached hydrogens (primary N) is 1. The van der Waals surface area contributed by atoms with Crippen molar-refractivity contribution >= 4 is 0 Å². The molecule has 0 aliphatic rings. The molecule has 0 bridgehead atoms. The largest absolute Gasteiger partial charge is 0.497 e. The first-order valence-corrected chi connectivity index (χ1v) is 5.75. The van der Waals surface area contributed by atoms with Gasteiger partial charge in [-0.1, -0.05) is 6.07 Å². The highest BCUT2D eigenvalue weighted by Gasteiger charge is 2.12. The minimum atomic E-state index is -0.236. The average Bonchev–Trinajstić information content (AvgIpc) is 2.46. The summed E-state index contributed by atoms with van der Waals surface area (Å²) in [6.45, 7) is 0.378. The van der Waals surface area contributed by atoms with Crippen LogP contribution in [0.25, 0.3) is 0 Å². The number of ether oxygens (including phenoxy) is 2. The lowest BCUT2D eigenvalue weighted by Crippen LogP contribution is -2.19. The van der Waals surface area contributed by atoms with Crippen molar-refractivity contribution in [3.8, 4) is 11.5 Å². The van der Waals surface area contributed by atoms with Crippen molar-refractivity contribution in [1.29, 1.82) is 0 Å². The highest BCUT2D eigenvalue weighted by atomic mass is 16.5. The Balaban J connectivity index is 2.10. The number of nitrogens with zero attached hydrogens (tertiary/aromatic N) is 1. The minimum absolute atomic E-state index is 0.236. The van der Waals surface area contributed by atoms with Gasteiger partial charge in [-0.3, -0.25) is 4.98 Å². The summed E-state index contributed by atoms with van der Waals surface area (Å²) in [5.41, 5.74) is 6.55. The lowest BCUT2D eigenvalue weighted by Gasteiger charge is -2.16. The first-order chi connectivity index (χ1) is 8.83. The summed E-state index contributed by atoms with van der Waals surface area (Å²) in [6.07, 6.45) is 1.50. The molecule has 0 spiro atoms. The van der Waals surface area contributed by atoms with E-state index in [0.29, 0.717) is 6.54 Å². The Kier molecular flexibility index (Phi) is 4.15. The van der Waals surface area contributed by atoms with Crippen molar-refractivity contribution in [3.05, 3.63) is 54.4 Å². The van der Waals surface area contributed by atoms with Crippen LogP contribution in [0.2, 0.25) is 0 Å². The SMILES string of the molecule is COc1ccc(OC(CN)c2ccccn2)cc1. The number of benzene rings is 1. The molecule has 0 saturated heterocycles. The highest BCUT2D eigenvalue weighted by Crippen LogP contribution is 2.22. The van der Waals surface area contributed by atoms with E-state index in [4.69, 9.17) is 15.2 Å². The highest BCUT2D eigenvalue weighted by molar-refractivity contribution is 5.31. The van der Waals surface area contributed by atoms with Gasteiger partial charge in [0.1, 0.15) is 11.5 Å². The van der Waals surface area contributed by atoms with E-state index >= 15 is 0 Å². The van der Waals surface area contributed by atoms with Gasteiger partial charge in [0.15, 0.2) is 6.10 Å². The Bertz CT molecular complexity index is 471. The number of hydrogen-bond acceptors (Lipinski definition) is 4. The predicted molar refractivity (Wildman–Crippen MR) is 69.7 cm³/mol. The van der Waals surface area contributed by atoms with E-state index in [9.17, 15) is 0 Å². The van der Waals surface area contributed by atoms with Crippen LogP contribution in [0.3, 0.4) is 0 Å². The van der Waals surface area contributed by atoms with Crippen LogP contribution in [-0.4, -0.2) is 18.6 Å². The first-order valence-electron chi connectivity index (χ1n) is 5.75. The second kappa shape index (κ2) is 6.02. The summed E-state index contributed by atoms with van der Waals surface area (Å²) in [7, 11) is 1.63. The molecule has 2 N–H and O–H groups in total. The van der Waals surface area contributed by atoms with Gasteiger partial charge in [-0.15, -0.1) is 0 Å². The van der Waals surface area contributed by atoms with Crippen molar-refractivity contribution in [2.45, 2.75) is 6.10 Å². The Labute approximate surface area is 106 Å². The monoisotopic (exact) mass is 244 g/mol. The molecule has 0 aliphatic heterocycles. The molecule has 94 valence electrons. The van der Waals surface area contributed by atoms with Crippen LogP contribution in [0.1, 0.15) is 11.8 Å². The molecule has 0 radical (unpaired) electrons. The molecule has 0 fully saturated rings. The lowest BCUT2D eigenvalue weighted by molar-refractivity contribution is 0.209. The number of hydrogen-bond donors (Lipinski definition) is 1. The number of aromatic nitrogens is 1. The van der Waals surface area contributed by atoms with E-state index in [1.807, 2.05) is 42.5 Å². The first kappa shape index (κ1) is 12.4. The van der Waals surface area contributed by atoms with Gasteiger partial charge in [0, 0.05) is 12.7 Å². The summed E-state index contributed by atoms with van der Waals surface area (Å²) in [5, 5.41) is 0. The van der Waals surface area contributed by atoms with Crippen molar-refractivity contribution < 1.29 is 9.47 Å². The van der Waals surface area contributed by atoms with Gasteiger partial charge in [0.25, 0.3) is 0 Å². The maximum Gasteiger partial charge on any atom is 0.153 e. The van der Waals surface area contributed by atoms with Crippen LogP contribution < -0.4 is 15.2 Å². The standard InChI is InChI=1S/C14H16N2O2/c1-17-11-5-7-12(8-6-11)18-14(10-15)13-4-2-3-9-16-13/h2-9,14H,10,15H2,1H3. The molecule has 0 amide bonds. The maximum absolute atomic E-state index is 5.81. The van der Waals surface area contributed by atoms with Gasteiger partial charge in [0.2, 0.25) is 0 Å². The molecule has 1 aromatic carbocycles. The summed E-state index contributed by atoms with van der Waals surface area (Å²) in [5.74, 6) is 1.54. The fourth-order valence-electron chi connectivity index (χ4n) is 1.61. The van der Waals surface area contributed by atoms with Crippen molar-refractivity contribution in [3.63, 3.8) is 0 Å². The van der Waals surface area contributed by atoms with Gasteiger partial charge in [-0.25, -0.2) is 0 Å². The molecule has 1 aromatic heterocycles. The summed E-state index contributed by atoms with van der Waals surface area (Å²) < 4.78 is 10.9. The quantitative estimate of drug-likeness (QED) is 0.875. The van der Waals surface area contributed by atoms with Crippen molar-refractivity contribution in [2.24, 2.45) is 5.73 Å². The Morgan fingerprint density at radius 1 is 1.11 bits per heavy atom. The average molecular weight is 244 g/mol. The Hall–Kier alpha value is -2.07. The van der Waals surface area contributed by atoms with E-state index < -0.39 is 0 Å². The second-order valence-corrected chi connectivity index (χ2v) is 3.77. The van der Waals surface area contributed by atoms with Crippen LogP contribution in [0.15, 0.2) is 48.7 Å². The fraction of sp³-hybridized carbons (Fsp3) is 0.214. The van der Waals surface area contributed by atoms with Crippen molar-refractivity contribution in [1.82, 2.24) is 4.98 Å². The van der Waals surface area contributed by atoms with E-state index in [1.165, 1.54) is 0 Å². The zero-order valence-electron chi connectivity index (χ0n) is 10.2. The van der Waals surface area contributed by atoms with Gasteiger partial charge < -0.3 is 15.2 Å². The van der Waals surface area contributed by atoms with Crippen molar-refractivity contribution in [2.75, 3.05) is 13.7 Å². The van der Waals surface area contributed by atoms with Gasteiger partial charge in [-0.05, 0) is 36.4 Å². The molecule has 1 atom stereocenters. The summed E-state index contributed by atoms with van der Waals surface area (Å²) in [6, 6.07) is 13.1. The molecule has 1 unspecified atom stereocenters. The van der Waals surface area contributed by atoms with Crippen LogP contribution in [-0.2, 0) is 0 Å². The lowest BCUT2D eigenvalue weighted by atomic mass is 10.2. The molecule has 1 heterocycles. The maximum atomic E-state index is 5.81. The van der Waals surface area contributed by atoms with Crippen LogP contribution in [0.5, 0.6) is 11.5 Å². The number of rotatable bonds is 5. The fourth-order valence-corrected chi connectivity index (χ4v) is 1.61. The van der Waals surface area contributed by atoms with Gasteiger partial charge >= 0.3 is 0 Å². The third-order valence-corrected chi connectivity index (χ3v) is 2.57. The topological polar surface area (TPSA) is 57.4 Å². The molecule has 2 rings (SSSR count). The molecular weight excluding hydrogens is 228 g/mol. The molecule has 2 aromatic rings. The zero-order valence-corrected chi connectivity index (χ0v) is 10.2. The number of methoxy groups -OCH3 is 1. The Morgan fingerprint density at radius 2 is 1.83 bits per heavy atom. The van der Waals surface area contributed by atoms with E-state index in [-0.39, 0.29) is 6.10 Å². The third kappa shape index (κ3) is 2.99. The van der Waals surface area contributed by atoms with Gasteiger partial charge in [0.05, 0.1) is 12.8 Å². The minimum Gasteiger partial charge on any atom is -0.497 e. The third-order valence-electron chi connectivity index (χ3n) is 2.57. The molecule has 4 heteroatoms. The van der Waals surface area contributed by atoms with Gasteiger partial charge in [-0.2, -0.15) is 0 Å². The summed E-state index contributed by atoms with van der Waals surface area (Å²) in [4.78, 5) is 4.25. The van der Waals surface area contributed by atoms with Crippen LogP contribution >= 0.6 is 0 Å². The molecule has 18 heavy (non-hydrogen) atoms. The summed E-state index contributed by atoms with van der Waals surface area (Å²) >= 11 is 0. The normalized spacial score (nSPS) is 11.9. The zero-order chi connectivity index (χ0) is 12.8. The molecular formula is C14H16N2O2. The second-order valence-electron chi connectivity index (χ2n) is 3.77. The molecule has 4 nitrogen and oxygen atoms in total. The van der Waals surface area contributed by atoms with Crippen LogP contribution in [0.4, 0.5) is 0 Å². The van der Waals surface area contributed by atoms with E-state index in [2.05, 4.69) is 4.98 Å².